The molecule has 1 aromatic rings. The summed E-state index contributed by atoms with van der Waals surface area (Å²) in [4.78, 5) is 21.9. The number of carbonyl (C=O) groups is 1. The van der Waals surface area contributed by atoms with Crippen LogP contribution < -0.4 is 0 Å². The number of esters is 1. The van der Waals surface area contributed by atoms with E-state index in [9.17, 15) is 14.9 Å². The van der Waals surface area contributed by atoms with Gasteiger partial charge in [-0.25, -0.2) is 4.79 Å². The minimum absolute atomic E-state index is 0.102. The van der Waals surface area contributed by atoms with Crippen LogP contribution in [0, 0.1) is 17.0 Å². The number of non-ortho nitro benzene ring substituents is 1. The van der Waals surface area contributed by atoms with Gasteiger partial charge in [0.2, 0.25) is 0 Å². The molecule has 0 saturated heterocycles. The standard InChI is InChI=1S/C11H12BrNO4/c1-3-17-11(14)9-5-8(13(15)16)4-7(2)10(9)6-12/h4-5H,3,6H2,1-2H3. The van der Waals surface area contributed by atoms with E-state index < -0.39 is 10.9 Å². The van der Waals surface area contributed by atoms with Crippen molar-refractivity contribution in [2.24, 2.45) is 0 Å². The maximum absolute atomic E-state index is 11.7. The Balaban J connectivity index is 3.33. The molecule has 0 amide bonds. The van der Waals surface area contributed by atoms with Gasteiger partial charge in [0.1, 0.15) is 0 Å². The van der Waals surface area contributed by atoms with Crippen molar-refractivity contribution < 1.29 is 14.5 Å². The predicted molar refractivity (Wildman–Crippen MR) is 66.4 cm³/mol. The summed E-state index contributed by atoms with van der Waals surface area (Å²) in [5, 5.41) is 11.2. The molecular weight excluding hydrogens is 290 g/mol. The van der Waals surface area contributed by atoms with Crippen LogP contribution in [0.1, 0.15) is 28.4 Å². The highest BCUT2D eigenvalue weighted by molar-refractivity contribution is 9.08. The Kier molecular flexibility index (Phi) is 4.62. The van der Waals surface area contributed by atoms with E-state index in [1.165, 1.54) is 12.1 Å². The summed E-state index contributed by atoms with van der Waals surface area (Å²) in [6.07, 6.45) is 0. The number of nitrogens with zero attached hydrogens (tertiary/aromatic N) is 1. The lowest BCUT2D eigenvalue weighted by molar-refractivity contribution is -0.384. The van der Waals surface area contributed by atoms with Crippen molar-refractivity contribution >= 4 is 27.6 Å². The Bertz CT molecular complexity index is 459. The molecule has 0 unspecified atom stereocenters. The van der Waals surface area contributed by atoms with Gasteiger partial charge in [-0.1, -0.05) is 15.9 Å². The fraction of sp³-hybridized carbons (Fsp3) is 0.364. The van der Waals surface area contributed by atoms with E-state index in [2.05, 4.69) is 15.9 Å². The largest absolute Gasteiger partial charge is 0.462 e. The summed E-state index contributed by atoms with van der Waals surface area (Å²) in [6.45, 7) is 3.66. The van der Waals surface area contributed by atoms with Crippen molar-refractivity contribution in [1.82, 2.24) is 0 Å². The number of hydrogen-bond donors (Lipinski definition) is 0. The second-order valence-electron chi connectivity index (χ2n) is 3.40. The highest BCUT2D eigenvalue weighted by atomic mass is 79.9. The van der Waals surface area contributed by atoms with Crippen LogP contribution in [0.3, 0.4) is 0 Å². The predicted octanol–water partition coefficient (Wildman–Crippen LogP) is 2.97. The molecule has 0 spiro atoms. The van der Waals surface area contributed by atoms with Crippen molar-refractivity contribution in [2.45, 2.75) is 19.2 Å². The third-order valence-electron chi connectivity index (χ3n) is 2.30. The number of nitro groups is 1. The highest BCUT2D eigenvalue weighted by Gasteiger charge is 2.19. The maximum Gasteiger partial charge on any atom is 0.338 e. The average molecular weight is 302 g/mol. The number of hydrogen-bond acceptors (Lipinski definition) is 4. The summed E-state index contributed by atoms with van der Waals surface area (Å²) < 4.78 is 4.88. The maximum atomic E-state index is 11.7. The molecule has 0 bridgehead atoms. The molecule has 0 aliphatic carbocycles. The van der Waals surface area contributed by atoms with Gasteiger partial charge in [0.25, 0.3) is 5.69 Å². The number of benzene rings is 1. The number of carbonyl (C=O) groups excluding carboxylic acids is 1. The third-order valence-corrected chi connectivity index (χ3v) is 2.86. The zero-order valence-corrected chi connectivity index (χ0v) is 11.1. The Morgan fingerprint density at radius 1 is 1.53 bits per heavy atom. The number of nitro benzene ring substituents is 1. The number of alkyl halides is 1. The molecule has 0 N–H and O–H groups in total. The van der Waals surface area contributed by atoms with Gasteiger partial charge in [-0.2, -0.15) is 0 Å². The van der Waals surface area contributed by atoms with Gasteiger partial charge in [0, 0.05) is 17.5 Å². The SMILES string of the molecule is CCOC(=O)c1cc([N+](=O)[O-])cc(C)c1CBr. The van der Waals surface area contributed by atoms with Gasteiger partial charge in [-0.15, -0.1) is 0 Å². The fourth-order valence-electron chi connectivity index (χ4n) is 1.47. The number of ether oxygens (including phenoxy) is 1. The lowest BCUT2D eigenvalue weighted by Crippen LogP contribution is -2.09. The van der Waals surface area contributed by atoms with Gasteiger partial charge >= 0.3 is 5.97 Å². The second kappa shape index (κ2) is 5.77. The van der Waals surface area contributed by atoms with Crippen molar-refractivity contribution in [1.29, 1.82) is 0 Å². The van der Waals surface area contributed by atoms with Crippen molar-refractivity contribution in [3.8, 4) is 0 Å². The van der Waals surface area contributed by atoms with E-state index in [-0.39, 0.29) is 17.9 Å². The first-order chi connectivity index (χ1) is 8.01. The zero-order valence-electron chi connectivity index (χ0n) is 9.53. The van der Waals surface area contributed by atoms with Crippen LogP contribution in [0.15, 0.2) is 12.1 Å². The molecule has 0 atom stereocenters. The number of rotatable bonds is 4. The van der Waals surface area contributed by atoms with Crippen LogP contribution in [-0.2, 0) is 10.1 Å². The van der Waals surface area contributed by atoms with E-state index in [1.807, 2.05) is 0 Å². The summed E-state index contributed by atoms with van der Waals surface area (Å²) in [5.41, 5.74) is 1.55. The van der Waals surface area contributed by atoms with Gasteiger partial charge in [0.15, 0.2) is 0 Å². The topological polar surface area (TPSA) is 69.4 Å². The number of halogens is 1. The van der Waals surface area contributed by atoms with E-state index in [4.69, 9.17) is 4.74 Å². The quantitative estimate of drug-likeness (QED) is 0.371. The fourth-order valence-corrected chi connectivity index (χ4v) is 2.22. The second-order valence-corrected chi connectivity index (χ2v) is 3.96. The molecule has 0 aromatic heterocycles. The lowest BCUT2D eigenvalue weighted by atomic mass is 10.0. The molecule has 5 nitrogen and oxygen atoms in total. The van der Waals surface area contributed by atoms with E-state index >= 15 is 0 Å². The molecule has 6 heteroatoms. The molecule has 0 radical (unpaired) electrons. The zero-order chi connectivity index (χ0) is 13.0. The Hall–Kier alpha value is -1.43. The highest BCUT2D eigenvalue weighted by Crippen LogP contribution is 2.25. The lowest BCUT2D eigenvalue weighted by Gasteiger charge is -2.09. The molecule has 0 heterocycles. The van der Waals surface area contributed by atoms with Gasteiger partial charge < -0.3 is 4.74 Å². The first-order valence-corrected chi connectivity index (χ1v) is 6.14. The monoisotopic (exact) mass is 301 g/mol. The van der Waals surface area contributed by atoms with Gasteiger partial charge in [-0.05, 0) is 25.0 Å². The number of aryl methyl sites for hydroxylation is 1. The van der Waals surface area contributed by atoms with Crippen molar-refractivity contribution in [3.05, 3.63) is 38.9 Å². The van der Waals surface area contributed by atoms with Crippen LogP contribution >= 0.6 is 15.9 Å². The Morgan fingerprint density at radius 2 is 2.18 bits per heavy atom. The van der Waals surface area contributed by atoms with Crippen LogP contribution in [0.25, 0.3) is 0 Å². The molecule has 1 aromatic carbocycles. The molecule has 92 valence electrons. The van der Waals surface area contributed by atoms with Gasteiger partial charge in [0.05, 0.1) is 17.1 Å². The van der Waals surface area contributed by atoms with Gasteiger partial charge in [-0.3, -0.25) is 10.1 Å². The summed E-state index contributed by atoms with van der Waals surface area (Å²) >= 11 is 3.26. The van der Waals surface area contributed by atoms with Crippen LogP contribution in [0.5, 0.6) is 0 Å². The Labute approximate surface area is 107 Å². The van der Waals surface area contributed by atoms with Crippen molar-refractivity contribution in [3.63, 3.8) is 0 Å². The first-order valence-electron chi connectivity index (χ1n) is 5.02. The average Bonchev–Trinajstić information content (AvgIpc) is 2.28. The summed E-state index contributed by atoms with van der Waals surface area (Å²) in [5.74, 6) is -0.534. The normalized spacial score (nSPS) is 10.1. The molecule has 0 aliphatic heterocycles. The minimum Gasteiger partial charge on any atom is -0.462 e. The summed E-state index contributed by atoms with van der Waals surface area (Å²) in [6, 6.07) is 2.70. The molecular formula is C11H12BrNO4. The molecule has 17 heavy (non-hydrogen) atoms. The molecule has 0 aliphatic rings. The Morgan fingerprint density at radius 3 is 2.65 bits per heavy atom. The van der Waals surface area contributed by atoms with Crippen LogP contribution in [-0.4, -0.2) is 17.5 Å². The van der Waals surface area contributed by atoms with E-state index in [1.54, 1.807) is 13.8 Å². The smallest absolute Gasteiger partial charge is 0.338 e. The van der Waals surface area contributed by atoms with Crippen LogP contribution in [0.2, 0.25) is 0 Å². The third kappa shape index (κ3) is 3.03. The first kappa shape index (κ1) is 13.6. The van der Waals surface area contributed by atoms with E-state index in [0.717, 1.165) is 0 Å². The summed E-state index contributed by atoms with van der Waals surface area (Å²) in [7, 11) is 0. The van der Waals surface area contributed by atoms with Crippen LogP contribution in [0.4, 0.5) is 5.69 Å². The molecule has 1 rings (SSSR count). The van der Waals surface area contributed by atoms with E-state index in [0.29, 0.717) is 16.5 Å². The molecule has 0 saturated carbocycles. The minimum atomic E-state index is -0.534. The van der Waals surface area contributed by atoms with Crippen molar-refractivity contribution in [2.75, 3.05) is 6.61 Å². The molecule has 0 fully saturated rings.